The molecular formula is C17H22N2O3. The van der Waals surface area contributed by atoms with E-state index < -0.39 is 0 Å². The lowest BCUT2D eigenvalue weighted by atomic mass is 10.1. The first kappa shape index (κ1) is 14.9. The number of carbonyl (C=O) groups excluding carboxylic acids is 1. The Labute approximate surface area is 130 Å². The van der Waals surface area contributed by atoms with Crippen molar-refractivity contribution < 1.29 is 13.9 Å². The lowest BCUT2D eigenvalue weighted by Gasteiger charge is -2.33. The number of aromatic nitrogens is 1. The third-order valence-electron chi connectivity index (χ3n) is 4.33. The number of amides is 1. The molecule has 0 spiro atoms. The zero-order valence-electron chi connectivity index (χ0n) is 13.3. The van der Waals surface area contributed by atoms with Gasteiger partial charge in [-0.05, 0) is 39.0 Å². The highest BCUT2D eigenvalue weighted by Gasteiger charge is 2.27. The molecule has 0 N–H and O–H groups in total. The monoisotopic (exact) mass is 302 g/mol. The summed E-state index contributed by atoms with van der Waals surface area (Å²) in [7, 11) is 0. The molecule has 0 saturated carbocycles. The molecule has 2 aromatic rings. The molecule has 0 aliphatic carbocycles. The van der Waals surface area contributed by atoms with Crippen molar-refractivity contribution in [3.05, 3.63) is 47.2 Å². The molecule has 1 atom stereocenters. The Hall–Kier alpha value is -2.01. The van der Waals surface area contributed by atoms with E-state index in [1.165, 1.54) is 0 Å². The van der Waals surface area contributed by atoms with Crippen LogP contribution in [0.2, 0.25) is 0 Å². The molecule has 22 heavy (non-hydrogen) atoms. The van der Waals surface area contributed by atoms with Crippen molar-refractivity contribution in [3.63, 3.8) is 0 Å². The molecule has 0 unspecified atom stereocenters. The van der Waals surface area contributed by atoms with Crippen LogP contribution in [0.15, 0.2) is 28.9 Å². The molecule has 1 fully saturated rings. The number of carbonyl (C=O) groups is 1. The second-order valence-electron chi connectivity index (χ2n) is 5.87. The highest BCUT2D eigenvalue weighted by molar-refractivity contribution is 5.96. The number of aryl methyl sites for hydroxylation is 1. The fourth-order valence-corrected chi connectivity index (χ4v) is 3.00. The van der Waals surface area contributed by atoms with Crippen LogP contribution in [0, 0.1) is 13.8 Å². The van der Waals surface area contributed by atoms with Gasteiger partial charge in [0.25, 0.3) is 5.91 Å². The third-order valence-corrected chi connectivity index (χ3v) is 4.33. The topological polar surface area (TPSA) is 47.6 Å². The van der Waals surface area contributed by atoms with Crippen molar-refractivity contribution in [3.8, 4) is 0 Å². The van der Waals surface area contributed by atoms with E-state index in [4.69, 9.17) is 9.15 Å². The number of morpholine rings is 1. The van der Waals surface area contributed by atoms with Crippen molar-refractivity contribution in [2.75, 3.05) is 19.8 Å². The standard InChI is InChI=1S/C17H22N2O3/c1-12-9-16(17(20)18-6-8-21-11-13(18)2)14(3)19(12)10-15-5-4-7-22-15/h4-5,7,9,13H,6,8,10-11H2,1-3H3/t13-/m1/s1. The maximum atomic E-state index is 12.8. The summed E-state index contributed by atoms with van der Waals surface area (Å²) < 4.78 is 13.0. The molecule has 3 rings (SSSR count). The van der Waals surface area contributed by atoms with Gasteiger partial charge in [0.2, 0.25) is 0 Å². The first-order valence-electron chi connectivity index (χ1n) is 7.65. The fourth-order valence-electron chi connectivity index (χ4n) is 3.00. The molecule has 2 aromatic heterocycles. The van der Waals surface area contributed by atoms with Crippen molar-refractivity contribution in [1.82, 2.24) is 9.47 Å². The lowest BCUT2D eigenvalue weighted by molar-refractivity contribution is 0.00355. The number of hydrogen-bond donors (Lipinski definition) is 0. The average Bonchev–Trinajstić information content (AvgIpc) is 3.11. The van der Waals surface area contributed by atoms with E-state index in [1.54, 1.807) is 6.26 Å². The van der Waals surface area contributed by atoms with E-state index in [1.807, 2.05) is 43.9 Å². The fraction of sp³-hybridized carbons (Fsp3) is 0.471. The minimum Gasteiger partial charge on any atom is -0.467 e. The summed E-state index contributed by atoms with van der Waals surface area (Å²) in [6, 6.07) is 5.92. The molecule has 5 heteroatoms. The molecular weight excluding hydrogens is 280 g/mol. The zero-order valence-corrected chi connectivity index (χ0v) is 13.3. The van der Waals surface area contributed by atoms with Crippen molar-refractivity contribution in [1.29, 1.82) is 0 Å². The van der Waals surface area contributed by atoms with Crippen LogP contribution in [-0.4, -0.2) is 41.2 Å². The van der Waals surface area contributed by atoms with Gasteiger partial charge in [-0.3, -0.25) is 4.79 Å². The second kappa shape index (κ2) is 6.01. The molecule has 1 saturated heterocycles. The summed E-state index contributed by atoms with van der Waals surface area (Å²) in [4.78, 5) is 14.7. The SMILES string of the molecule is Cc1cc(C(=O)N2CCOC[C@H]2C)c(C)n1Cc1ccco1. The molecule has 1 amide bonds. The van der Waals surface area contributed by atoms with Gasteiger partial charge in [-0.15, -0.1) is 0 Å². The number of hydrogen-bond acceptors (Lipinski definition) is 3. The lowest BCUT2D eigenvalue weighted by Crippen LogP contribution is -2.47. The molecule has 0 aromatic carbocycles. The molecule has 1 aliphatic heterocycles. The summed E-state index contributed by atoms with van der Waals surface area (Å²) in [6.07, 6.45) is 1.67. The van der Waals surface area contributed by atoms with Gasteiger partial charge in [-0.25, -0.2) is 0 Å². The van der Waals surface area contributed by atoms with Gasteiger partial charge in [0.15, 0.2) is 0 Å². The Bertz CT molecular complexity index is 658. The minimum absolute atomic E-state index is 0.0922. The number of furan rings is 1. The highest BCUT2D eigenvalue weighted by Crippen LogP contribution is 2.21. The summed E-state index contributed by atoms with van der Waals surface area (Å²) in [5, 5.41) is 0. The molecule has 1 aliphatic rings. The molecule has 0 radical (unpaired) electrons. The van der Waals surface area contributed by atoms with Gasteiger partial charge in [-0.2, -0.15) is 0 Å². The van der Waals surface area contributed by atoms with E-state index in [0.29, 0.717) is 26.3 Å². The van der Waals surface area contributed by atoms with Crippen LogP contribution in [0.1, 0.15) is 34.4 Å². The van der Waals surface area contributed by atoms with Gasteiger partial charge in [0, 0.05) is 17.9 Å². The van der Waals surface area contributed by atoms with Gasteiger partial charge in [0.1, 0.15) is 5.76 Å². The Morgan fingerprint density at radius 3 is 2.91 bits per heavy atom. The van der Waals surface area contributed by atoms with Crippen molar-refractivity contribution >= 4 is 5.91 Å². The average molecular weight is 302 g/mol. The van der Waals surface area contributed by atoms with Crippen LogP contribution in [0.25, 0.3) is 0 Å². The second-order valence-corrected chi connectivity index (χ2v) is 5.87. The molecule has 3 heterocycles. The Morgan fingerprint density at radius 1 is 1.41 bits per heavy atom. The Morgan fingerprint density at radius 2 is 2.23 bits per heavy atom. The van der Waals surface area contributed by atoms with E-state index in [-0.39, 0.29) is 11.9 Å². The first-order chi connectivity index (χ1) is 10.6. The Balaban J connectivity index is 1.86. The first-order valence-corrected chi connectivity index (χ1v) is 7.65. The predicted molar refractivity (Wildman–Crippen MR) is 83.0 cm³/mol. The molecule has 118 valence electrons. The van der Waals surface area contributed by atoms with Crippen LogP contribution in [0.3, 0.4) is 0 Å². The van der Waals surface area contributed by atoms with Gasteiger partial charge in [0.05, 0.1) is 37.6 Å². The van der Waals surface area contributed by atoms with Crippen LogP contribution in [0.4, 0.5) is 0 Å². The van der Waals surface area contributed by atoms with Crippen LogP contribution in [-0.2, 0) is 11.3 Å². The quantitative estimate of drug-likeness (QED) is 0.875. The number of rotatable bonds is 3. The van der Waals surface area contributed by atoms with Crippen LogP contribution < -0.4 is 0 Å². The third kappa shape index (κ3) is 2.68. The smallest absolute Gasteiger partial charge is 0.256 e. The van der Waals surface area contributed by atoms with Gasteiger partial charge >= 0.3 is 0 Å². The van der Waals surface area contributed by atoms with E-state index in [0.717, 1.165) is 22.7 Å². The van der Waals surface area contributed by atoms with Crippen LogP contribution >= 0.6 is 0 Å². The highest BCUT2D eigenvalue weighted by atomic mass is 16.5. The summed E-state index contributed by atoms with van der Waals surface area (Å²) >= 11 is 0. The molecule has 5 nitrogen and oxygen atoms in total. The summed E-state index contributed by atoms with van der Waals surface area (Å²) in [5.41, 5.74) is 2.83. The van der Waals surface area contributed by atoms with Gasteiger partial charge in [-0.1, -0.05) is 0 Å². The van der Waals surface area contributed by atoms with Crippen molar-refractivity contribution in [2.24, 2.45) is 0 Å². The van der Waals surface area contributed by atoms with E-state index >= 15 is 0 Å². The number of nitrogens with zero attached hydrogens (tertiary/aromatic N) is 2. The zero-order chi connectivity index (χ0) is 15.7. The van der Waals surface area contributed by atoms with Crippen LogP contribution in [0.5, 0.6) is 0 Å². The minimum atomic E-state index is 0.0922. The van der Waals surface area contributed by atoms with E-state index in [9.17, 15) is 4.79 Å². The predicted octanol–water partition coefficient (Wildman–Crippen LogP) is 2.61. The largest absolute Gasteiger partial charge is 0.467 e. The summed E-state index contributed by atoms with van der Waals surface area (Å²) in [6.45, 7) is 8.57. The normalized spacial score (nSPS) is 18.7. The number of ether oxygens (including phenoxy) is 1. The van der Waals surface area contributed by atoms with Gasteiger partial charge < -0.3 is 18.6 Å². The van der Waals surface area contributed by atoms with Crippen molar-refractivity contribution in [2.45, 2.75) is 33.4 Å². The van der Waals surface area contributed by atoms with E-state index in [2.05, 4.69) is 4.57 Å². The molecule has 0 bridgehead atoms. The maximum absolute atomic E-state index is 12.8. The summed E-state index contributed by atoms with van der Waals surface area (Å²) in [5.74, 6) is 0.982. The Kier molecular flexibility index (Phi) is 4.07. The maximum Gasteiger partial charge on any atom is 0.256 e.